The number of amides is 1. The molecular formula is C13H26N2O3. The average Bonchev–Trinajstić information content (AvgIpc) is 2.91. The lowest BCUT2D eigenvalue weighted by Gasteiger charge is -2.21. The van der Waals surface area contributed by atoms with Crippen molar-refractivity contribution in [1.82, 2.24) is 10.6 Å². The molecule has 0 radical (unpaired) electrons. The molecule has 1 rings (SSSR count). The zero-order valence-electron chi connectivity index (χ0n) is 12.2. The fourth-order valence-electron chi connectivity index (χ4n) is 1.67. The first kappa shape index (κ1) is 15.2. The van der Waals surface area contributed by atoms with E-state index in [4.69, 9.17) is 9.47 Å². The van der Waals surface area contributed by atoms with Crippen molar-refractivity contribution in [3.05, 3.63) is 0 Å². The molecule has 1 aliphatic rings. The molecule has 1 amide bonds. The first-order valence-corrected chi connectivity index (χ1v) is 6.51. The maximum atomic E-state index is 11.5. The molecule has 5 heteroatoms. The Hall–Kier alpha value is -0.810. The van der Waals surface area contributed by atoms with Gasteiger partial charge in [-0.1, -0.05) is 0 Å². The van der Waals surface area contributed by atoms with Gasteiger partial charge < -0.3 is 20.1 Å². The fourth-order valence-corrected chi connectivity index (χ4v) is 1.67. The van der Waals surface area contributed by atoms with E-state index in [9.17, 15) is 4.79 Å². The quantitative estimate of drug-likeness (QED) is 0.787. The minimum absolute atomic E-state index is 0.160. The molecule has 0 aliphatic heterocycles. The van der Waals surface area contributed by atoms with Gasteiger partial charge in [-0.05, 0) is 41.0 Å². The monoisotopic (exact) mass is 258 g/mol. The van der Waals surface area contributed by atoms with Crippen molar-refractivity contribution >= 4 is 6.09 Å². The van der Waals surface area contributed by atoms with E-state index in [-0.39, 0.29) is 24.3 Å². The third-order valence-corrected chi connectivity index (χ3v) is 3.05. The summed E-state index contributed by atoms with van der Waals surface area (Å²) in [6.45, 7) is 9.68. The predicted octanol–water partition coefficient (Wildman–Crippen LogP) is 1.66. The standard InChI is InChI=1S/C13H26N2O3/c1-8(9(2)17-6)14-10-7-11(10)15-12(16)18-13(3,4)5/h8-11,14H,7H2,1-6H3,(H,15,16). The summed E-state index contributed by atoms with van der Waals surface area (Å²) in [5, 5.41) is 6.29. The summed E-state index contributed by atoms with van der Waals surface area (Å²) >= 11 is 0. The molecule has 4 atom stereocenters. The van der Waals surface area contributed by atoms with Crippen LogP contribution in [0.3, 0.4) is 0 Å². The molecule has 0 aromatic carbocycles. The molecule has 1 aliphatic carbocycles. The molecular weight excluding hydrogens is 232 g/mol. The van der Waals surface area contributed by atoms with E-state index in [0.29, 0.717) is 6.04 Å². The number of methoxy groups -OCH3 is 1. The van der Waals surface area contributed by atoms with Gasteiger partial charge in [0.25, 0.3) is 0 Å². The Balaban J connectivity index is 2.23. The number of alkyl carbamates (subject to hydrolysis) is 1. The van der Waals surface area contributed by atoms with Gasteiger partial charge >= 0.3 is 6.09 Å². The average molecular weight is 258 g/mol. The van der Waals surface area contributed by atoms with Crippen LogP contribution in [0.25, 0.3) is 0 Å². The second kappa shape index (κ2) is 5.89. The summed E-state index contributed by atoms with van der Waals surface area (Å²) < 4.78 is 10.5. The number of carbonyl (C=O) groups is 1. The van der Waals surface area contributed by atoms with Gasteiger partial charge in [0.05, 0.1) is 6.10 Å². The molecule has 0 aromatic rings. The largest absolute Gasteiger partial charge is 0.444 e. The van der Waals surface area contributed by atoms with Crippen LogP contribution in [-0.2, 0) is 9.47 Å². The first-order chi connectivity index (χ1) is 8.23. The van der Waals surface area contributed by atoms with E-state index in [1.54, 1.807) is 7.11 Å². The molecule has 0 aromatic heterocycles. The minimum Gasteiger partial charge on any atom is -0.444 e. The Labute approximate surface area is 110 Å². The number of hydrogen-bond acceptors (Lipinski definition) is 4. The highest BCUT2D eigenvalue weighted by molar-refractivity contribution is 5.68. The Kier molecular flexibility index (Phi) is 4.99. The van der Waals surface area contributed by atoms with Crippen LogP contribution < -0.4 is 10.6 Å². The van der Waals surface area contributed by atoms with Crippen molar-refractivity contribution in [3.63, 3.8) is 0 Å². The van der Waals surface area contributed by atoms with E-state index in [2.05, 4.69) is 17.6 Å². The molecule has 18 heavy (non-hydrogen) atoms. The van der Waals surface area contributed by atoms with E-state index in [1.807, 2.05) is 27.7 Å². The van der Waals surface area contributed by atoms with Crippen molar-refractivity contribution in [3.8, 4) is 0 Å². The number of nitrogens with one attached hydrogen (secondary N) is 2. The second-order valence-corrected chi connectivity index (χ2v) is 5.99. The summed E-state index contributed by atoms with van der Waals surface area (Å²) in [5.74, 6) is 0. The Morgan fingerprint density at radius 1 is 1.28 bits per heavy atom. The number of hydrogen-bond donors (Lipinski definition) is 2. The van der Waals surface area contributed by atoms with Crippen molar-refractivity contribution < 1.29 is 14.3 Å². The lowest BCUT2D eigenvalue weighted by Crippen LogP contribution is -2.42. The molecule has 0 heterocycles. The number of rotatable bonds is 5. The van der Waals surface area contributed by atoms with E-state index in [1.165, 1.54) is 0 Å². The minimum atomic E-state index is -0.445. The van der Waals surface area contributed by atoms with Crippen LogP contribution >= 0.6 is 0 Å². The van der Waals surface area contributed by atoms with Crippen LogP contribution in [0, 0.1) is 0 Å². The predicted molar refractivity (Wildman–Crippen MR) is 70.6 cm³/mol. The van der Waals surface area contributed by atoms with Crippen molar-refractivity contribution in [2.45, 2.75) is 70.9 Å². The molecule has 0 spiro atoms. The zero-order chi connectivity index (χ0) is 13.9. The molecule has 2 N–H and O–H groups in total. The highest BCUT2D eigenvalue weighted by Gasteiger charge is 2.40. The van der Waals surface area contributed by atoms with Gasteiger partial charge in [-0.3, -0.25) is 0 Å². The zero-order valence-corrected chi connectivity index (χ0v) is 12.2. The second-order valence-electron chi connectivity index (χ2n) is 5.99. The SMILES string of the molecule is COC(C)C(C)NC1CC1NC(=O)OC(C)(C)C. The van der Waals surface area contributed by atoms with Gasteiger partial charge in [0.2, 0.25) is 0 Å². The van der Waals surface area contributed by atoms with Crippen molar-refractivity contribution in [2.24, 2.45) is 0 Å². The fraction of sp³-hybridized carbons (Fsp3) is 0.923. The van der Waals surface area contributed by atoms with Gasteiger partial charge in [-0.25, -0.2) is 4.79 Å². The van der Waals surface area contributed by atoms with Gasteiger partial charge in [0, 0.05) is 25.2 Å². The molecule has 106 valence electrons. The summed E-state index contributed by atoms with van der Waals surface area (Å²) in [7, 11) is 1.70. The molecule has 0 saturated heterocycles. The molecule has 1 fully saturated rings. The summed E-state index contributed by atoms with van der Waals surface area (Å²) in [6.07, 6.45) is 0.761. The van der Waals surface area contributed by atoms with E-state index >= 15 is 0 Å². The number of carbonyl (C=O) groups excluding carboxylic acids is 1. The molecule has 1 saturated carbocycles. The van der Waals surface area contributed by atoms with E-state index in [0.717, 1.165) is 6.42 Å². The van der Waals surface area contributed by atoms with Gasteiger partial charge in [0.15, 0.2) is 0 Å². The molecule has 5 nitrogen and oxygen atoms in total. The Bertz CT molecular complexity index is 288. The van der Waals surface area contributed by atoms with Crippen LogP contribution in [0.5, 0.6) is 0 Å². The lowest BCUT2D eigenvalue weighted by molar-refractivity contribution is 0.0520. The van der Waals surface area contributed by atoms with Crippen LogP contribution in [0.1, 0.15) is 41.0 Å². The van der Waals surface area contributed by atoms with Crippen molar-refractivity contribution in [1.29, 1.82) is 0 Å². The maximum absolute atomic E-state index is 11.5. The third-order valence-electron chi connectivity index (χ3n) is 3.05. The van der Waals surface area contributed by atoms with Gasteiger partial charge in [-0.2, -0.15) is 0 Å². The Morgan fingerprint density at radius 3 is 2.39 bits per heavy atom. The highest BCUT2D eigenvalue weighted by Crippen LogP contribution is 2.23. The lowest BCUT2D eigenvalue weighted by atomic mass is 10.2. The normalized spacial score (nSPS) is 26.3. The summed E-state index contributed by atoms with van der Waals surface area (Å²) in [6, 6.07) is 0.766. The smallest absolute Gasteiger partial charge is 0.407 e. The van der Waals surface area contributed by atoms with Gasteiger partial charge in [0.1, 0.15) is 5.60 Å². The Morgan fingerprint density at radius 2 is 1.89 bits per heavy atom. The van der Waals surface area contributed by atoms with Crippen LogP contribution in [0.4, 0.5) is 4.79 Å². The van der Waals surface area contributed by atoms with Crippen LogP contribution in [0.2, 0.25) is 0 Å². The summed E-state index contributed by atoms with van der Waals surface area (Å²) in [4.78, 5) is 11.5. The topological polar surface area (TPSA) is 59.6 Å². The molecule has 4 unspecified atom stereocenters. The highest BCUT2D eigenvalue weighted by atomic mass is 16.6. The van der Waals surface area contributed by atoms with Crippen LogP contribution in [-0.4, -0.2) is 43.0 Å². The van der Waals surface area contributed by atoms with Crippen molar-refractivity contribution in [2.75, 3.05) is 7.11 Å². The molecule has 0 bridgehead atoms. The maximum Gasteiger partial charge on any atom is 0.407 e. The van der Waals surface area contributed by atoms with Gasteiger partial charge in [-0.15, -0.1) is 0 Å². The first-order valence-electron chi connectivity index (χ1n) is 6.51. The third kappa shape index (κ3) is 5.23. The number of ether oxygens (including phenoxy) is 2. The van der Waals surface area contributed by atoms with E-state index < -0.39 is 5.60 Å². The van der Waals surface area contributed by atoms with Crippen LogP contribution in [0.15, 0.2) is 0 Å². The summed E-state index contributed by atoms with van der Waals surface area (Å²) in [5.41, 5.74) is -0.445.